The molecule has 0 aliphatic carbocycles. The van der Waals surface area contributed by atoms with Crippen molar-refractivity contribution in [3.63, 3.8) is 0 Å². The molecule has 0 saturated heterocycles. The summed E-state index contributed by atoms with van der Waals surface area (Å²) in [4.78, 5) is 9.09. The molecule has 6 heteroatoms. The van der Waals surface area contributed by atoms with Crippen LogP contribution in [0.1, 0.15) is 30.6 Å². The van der Waals surface area contributed by atoms with E-state index in [4.69, 9.17) is 0 Å². The Bertz CT molecular complexity index is 669. The van der Waals surface area contributed by atoms with Crippen LogP contribution in [0.15, 0.2) is 24.3 Å². The third-order valence-corrected chi connectivity index (χ3v) is 4.69. The standard InChI is InChI=1S/C14H16N4S2/c1-9(2)13-17-14(20-18-13)15-8-7-12-16-10-5-3-4-6-11(10)19-12/h3-6,9H,7-8H2,1-2H3,(H,15,17,18). The molecule has 2 aromatic heterocycles. The van der Waals surface area contributed by atoms with Crippen molar-refractivity contribution in [2.45, 2.75) is 26.2 Å². The van der Waals surface area contributed by atoms with Gasteiger partial charge < -0.3 is 5.32 Å². The third-order valence-electron chi connectivity index (χ3n) is 2.91. The highest BCUT2D eigenvalue weighted by molar-refractivity contribution is 7.18. The van der Waals surface area contributed by atoms with Gasteiger partial charge in [0.05, 0.1) is 15.2 Å². The van der Waals surface area contributed by atoms with E-state index in [2.05, 4.69) is 51.7 Å². The molecular formula is C14H16N4S2. The molecular weight excluding hydrogens is 288 g/mol. The molecule has 0 aliphatic rings. The van der Waals surface area contributed by atoms with E-state index in [0.29, 0.717) is 5.92 Å². The average Bonchev–Trinajstić information content (AvgIpc) is 3.04. The topological polar surface area (TPSA) is 50.7 Å². The van der Waals surface area contributed by atoms with Crippen LogP contribution in [0.25, 0.3) is 10.2 Å². The maximum Gasteiger partial charge on any atom is 0.202 e. The normalized spacial score (nSPS) is 11.3. The van der Waals surface area contributed by atoms with Crippen LogP contribution >= 0.6 is 22.9 Å². The van der Waals surface area contributed by atoms with Gasteiger partial charge in [0.15, 0.2) is 0 Å². The van der Waals surface area contributed by atoms with E-state index in [1.807, 2.05) is 6.07 Å². The van der Waals surface area contributed by atoms with Crippen molar-refractivity contribution in [1.29, 1.82) is 0 Å². The quantitative estimate of drug-likeness (QED) is 0.776. The lowest BCUT2D eigenvalue weighted by Gasteiger charge is -1.99. The van der Waals surface area contributed by atoms with E-state index in [9.17, 15) is 0 Å². The highest BCUT2D eigenvalue weighted by atomic mass is 32.1. The summed E-state index contributed by atoms with van der Waals surface area (Å²) in [6, 6.07) is 8.25. The number of benzene rings is 1. The van der Waals surface area contributed by atoms with Crippen molar-refractivity contribution in [1.82, 2.24) is 14.3 Å². The number of fused-ring (bicyclic) bond motifs is 1. The first kappa shape index (κ1) is 13.5. The lowest BCUT2D eigenvalue weighted by molar-refractivity contribution is 0.799. The summed E-state index contributed by atoms with van der Waals surface area (Å²) in [5.41, 5.74) is 1.09. The first-order valence-corrected chi connectivity index (χ1v) is 8.23. The molecule has 0 unspecified atom stereocenters. The van der Waals surface area contributed by atoms with Gasteiger partial charge in [0.2, 0.25) is 5.13 Å². The van der Waals surface area contributed by atoms with Gasteiger partial charge >= 0.3 is 0 Å². The number of hydrogen-bond donors (Lipinski definition) is 1. The van der Waals surface area contributed by atoms with Crippen molar-refractivity contribution < 1.29 is 0 Å². The summed E-state index contributed by atoms with van der Waals surface area (Å²) in [6.45, 7) is 5.05. The molecule has 0 atom stereocenters. The van der Waals surface area contributed by atoms with Crippen LogP contribution in [0.4, 0.5) is 5.13 Å². The summed E-state index contributed by atoms with van der Waals surface area (Å²) in [7, 11) is 0. The maximum absolute atomic E-state index is 4.62. The molecule has 1 aromatic carbocycles. The van der Waals surface area contributed by atoms with Crippen LogP contribution in [-0.4, -0.2) is 20.9 Å². The third kappa shape index (κ3) is 2.96. The molecule has 0 aliphatic heterocycles. The molecule has 4 nitrogen and oxygen atoms in total. The van der Waals surface area contributed by atoms with Crippen LogP contribution in [-0.2, 0) is 6.42 Å². The largest absolute Gasteiger partial charge is 0.360 e. The van der Waals surface area contributed by atoms with Gasteiger partial charge in [-0.3, -0.25) is 0 Å². The van der Waals surface area contributed by atoms with Gasteiger partial charge in [-0.2, -0.15) is 4.37 Å². The Morgan fingerprint density at radius 1 is 1.20 bits per heavy atom. The van der Waals surface area contributed by atoms with Crippen molar-refractivity contribution in [2.24, 2.45) is 0 Å². The second-order valence-corrected chi connectivity index (χ2v) is 6.73. The molecule has 0 radical (unpaired) electrons. The zero-order chi connectivity index (χ0) is 13.9. The monoisotopic (exact) mass is 304 g/mol. The minimum absolute atomic E-state index is 0.381. The fourth-order valence-corrected chi connectivity index (χ4v) is 3.54. The van der Waals surface area contributed by atoms with E-state index in [0.717, 1.165) is 34.4 Å². The molecule has 3 rings (SSSR count). The van der Waals surface area contributed by atoms with E-state index < -0.39 is 0 Å². The predicted molar refractivity (Wildman–Crippen MR) is 85.8 cm³/mol. The van der Waals surface area contributed by atoms with E-state index in [-0.39, 0.29) is 0 Å². The molecule has 2 heterocycles. The highest BCUT2D eigenvalue weighted by Crippen LogP contribution is 2.22. The highest BCUT2D eigenvalue weighted by Gasteiger charge is 2.07. The maximum atomic E-state index is 4.62. The molecule has 0 spiro atoms. The summed E-state index contributed by atoms with van der Waals surface area (Å²) in [6.07, 6.45) is 0.913. The Balaban J connectivity index is 1.59. The minimum atomic E-state index is 0.381. The molecule has 104 valence electrons. The lowest BCUT2D eigenvalue weighted by Crippen LogP contribution is -2.04. The number of aromatic nitrogens is 3. The predicted octanol–water partition coefficient (Wildman–Crippen LogP) is 3.93. The summed E-state index contributed by atoms with van der Waals surface area (Å²) in [5, 5.41) is 5.38. The Hall–Kier alpha value is -1.53. The number of hydrogen-bond acceptors (Lipinski definition) is 6. The number of rotatable bonds is 5. The molecule has 0 amide bonds. The van der Waals surface area contributed by atoms with Gasteiger partial charge in [-0.25, -0.2) is 9.97 Å². The van der Waals surface area contributed by atoms with Crippen LogP contribution in [0.2, 0.25) is 0 Å². The molecule has 0 fully saturated rings. The van der Waals surface area contributed by atoms with Crippen LogP contribution < -0.4 is 5.32 Å². The second-order valence-electron chi connectivity index (χ2n) is 4.86. The van der Waals surface area contributed by atoms with Crippen molar-refractivity contribution in [2.75, 3.05) is 11.9 Å². The van der Waals surface area contributed by atoms with E-state index >= 15 is 0 Å². The van der Waals surface area contributed by atoms with Crippen LogP contribution in [0.3, 0.4) is 0 Å². The average molecular weight is 304 g/mol. The van der Waals surface area contributed by atoms with Gasteiger partial charge in [0.25, 0.3) is 0 Å². The van der Waals surface area contributed by atoms with Gasteiger partial charge in [0.1, 0.15) is 5.82 Å². The van der Waals surface area contributed by atoms with Gasteiger partial charge in [-0.1, -0.05) is 26.0 Å². The molecule has 3 aromatic rings. The first-order valence-electron chi connectivity index (χ1n) is 6.64. The fourth-order valence-electron chi connectivity index (χ4n) is 1.84. The molecule has 0 saturated carbocycles. The number of thiazole rings is 1. The zero-order valence-electron chi connectivity index (χ0n) is 11.5. The first-order chi connectivity index (χ1) is 9.72. The van der Waals surface area contributed by atoms with E-state index in [1.54, 1.807) is 11.3 Å². The summed E-state index contributed by atoms with van der Waals surface area (Å²) < 4.78 is 5.58. The van der Waals surface area contributed by atoms with Gasteiger partial charge in [-0.05, 0) is 12.1 Å². The van der Waals surface area contributed by atoms with E-state index in [1.165, 1.54) is 16.2 Å². The Kier molecular flexibility index (Phi) is 3.93. The Labute approximate surface area is 126 Å². The number of para-hydroxylation sites is 1. The Morgan fingerprint density at radius 3 is 2.80 bits per heavy atom. The van der Waals surface area contributed by atoms with Crippen LogP contribution in [0.5, 0.6) is 0 Å². The van der Waals surface area contributed by atoms with Crippen LogP contribution in [0, 0.1) is 0 Å². The minimum Gasteiger partial charge on any atom is -0.360 e. The number of anilines is 1. The van der Waals surface area contributed by atoms with Crippen molar-refractivity contribution in [3.05, 3.63) is 35.1 Å². The number of nitrogens with zero attached hydrogens (tertiary/aromatic N) is 3. The Morgan fingerprint density at radius 2 is 2.05 bits per heavy atom. The van der Waals surface area contributed by atoms with Gasteiger partial charge in [0, 0.05) is 30.4 Å². The smallest absolute Gasteiger partial charge is 0.202 e. The van der Waals surface area contributed by atoms with Crippen molar-refractivity contribution in [3.8, 4) is 0 Å². The second kappa shape index (κ2) is 5.85. The lowest BCUT2D eigenvalue weighted by atomic mass is 10.2. The zero-order valence-corrected chi connectivity index (χ0v) is 13.1. The molecule has 20 heavy (non-hydrogen) atoms. The fraction of sp³-hybridized carbons (Fsp3) is 0.357. The SMILES string of the molecule is CC(C)c1nsc(NCCc2nc3ccccc3s2)n1. The van der Waals surface area contributed by atoms with Crippen molar-refractivity contribution >= 4 is 38.2 Å². The molecule has 1 N–H and O–H groups in total. The summed E-state index contributed by atoms with van der Waals surface area (Å²) in [5.74, 6) is 1.29. The van der Waals surface area contributed by atoms with Gasteiger partial charge in [-0.15, -0.1) is 11.3 Å². The number of nitrogens with one attached hydrogen (secondary N) is 1. The summed E-state index contributed by atoms with van der Waals surface area (Å²) >= 11 is 3.19. The molecule has 0 bridgehead atoms.